The molecular formula is C18H27N3O5. The zero-order chi connectivity index (χ0) is 19.5. The fraction of sp³-hybridized carbons (Fsp3) is 0.500. The van der Waals surface area contributed by atoms with Crippen LogP contribution in [0.15, 0.2) is 24.3 Å². The van der Waals surface area contributed by atoms with E-state index < -0.39 is 30.6 Å². The summed E-state index contributed by atoms with van der Waals surface area (Å²) in [5.74, 6) is -0.167. The van der Waals surface area contributed by atoms with E-state index in [9.17, 15) is 14.4 Å². The molecule has 0 aliphatic heterocycles. The van der Waals surface area contributed by atoms with Gasteiger partial charge in [0, 0.05) is 6.54 Å². The first-order valence-corrected chi connectivity index (χ1v) is 8.44. The first-order chi connectivity index (χ1) is 12.3. The Morgan fingerprint density at radius 2 is 1.81 bits per heavy atom. The van der Waals surface area contributed by atoms with Gasteiger partial charge in [-0.15, -0.1) is 0 Å². The van der Waals surface area contributed by atoms with Gasteiger partial charge in [0.2, 0.25) is 0 Å². The molecule has 1 aromatic carbocycles. The summed E-state index contributed by atoms with van der Waals surface area (Å²) in [5, 5.41) is 5.01. The highest BCUT2D eigenvalue weighted by molar-refractivity contribution is 5.85. The highest BCUT2D eigenvalue weighted by Gasteiger charge is 2.23. The van der Waals surface area contributed by atoms with Crippen LogP contribution in [0.3, 0.4) is 0 Å². The van der Waals surface area contributed by atoms with E-state index in [0.29, 0.717) is 19.4 Å². The SMILES string of the molecule is COc1ccc(CCNC(=O)COC(=O)[C@H](CC(C)C)NC(N)=O)cc1. The lowest BCUT2D eigenvalue weighted by Crippen LogP contribution is -2.46. The van der Waals surface area contributed by atoms with Crippen molar-refractivity contribution in [1.29, 1.82) is 0 Å². The second-order valence-corrected chi connectivity index (χ2v) is 6.25. The number of amides is 3. The number of primary amides is 1. The molecular weight excluding hydrogens is 338 g/mol. The Morgan fingerprint density at radius 3 is 2.35 bits per heavy atom. The molecule has 1 atom stereocenters. The fourth-order valence-corrected chi connectivity index (χ4v) is 2.28. The molecule has 3 amide bonds. The largest absolute Gasteiger partial charge is 0.497 e. The average molecular weight is 365 g/mol. The van der Waals surface area contributed by atoms with Crippen molar-refractivity contribution >= 4 is 17.9 Å². The number of carbonyl (C=O) groups is 3. The fourth-order valence-electron chi connectivity index (χ4n) is 2.28. The number of rotatable bonds is 10. The average Bonchev–Trinajstić information content (AvgIpc) is 2.59. The van der Waals surface area contributed by atoms with Crippen molar-refractivity contribution in [3.05, 3.63) is 29.8 Å². The van der Waals surface area contributed by atoms with Gasteiger partial charge in [-0.3, -0.25) is 4.79 Å². The maximum absolute atomic E-state index is 12.0. The number of hydrogen-bond acceptors (Lipinski definition) is 5. The van der Waals surface area contributed by atoms with Crippen molar-refractivity contribution < 1.29 is 23.9 Å². The van der Waals surface area contributed by atoms with Crippen LogP contribution in [0.5, 0.6) is 5.75 Å². The summed E-state index contributed by atoms with van der Waals surface area (Å²) in [4.78, 5) is 34.7. The molecule has 0 aliphatic carbocycles. The molecule has 0 fully saturated rings. The smallest absolute Gasteiger partial charge is 0.329 e. The summed E-state index contributed by atoms with van der Waals surface area (Å²) >= 11 is 0. The molecule has 144 valence electrons. The predicted octanol–water partition coefficient (Wildman–Crippen LogP) is 0.980. The van der Waals surface area contributed by atoms with Crippen LogP contribution in [-0.4, -0.2) is 44.2 Å². The van der Waals surface area contributed by atoms with E-state index >= 15 is 0 Å². The van der Waals surface area contributed by atoms with E-state index in [1.165, 1.54) is 0 Å². The van der Waals surface area contributed by atoms with E-state index in [4.69, 9.17) is 15.2 Å². The van der Waals surface area contributed by atoms with Crippen molar-refractivity contribution in [1.82, 2.24) is 10.6 Å². The first-order valence-electron chi connectivity index (χ1n) is 8.44. The minimum Gasteiger partial charge on any atom is -0.497 e. The number of carbonyl (C=O) groups excluding carboxylic acids is 3. The summed E-state index contributed by atoms with van der Waals surface area (Å²) in [6.45, 7) is 3.80. The van der Waals surface area contributed by atoms with E-state index in [0.717, 1.165) is 11.3 Å². The Hall–Kier alpha value is -2.77. The molecule has 0 aliphatic rings. The molecule has 8 heteroatoms. The van der Waals surface area contributed by atoms with Gasteiger partial charge < -0.3 is 25.8 Å². The number of ether oxygens (including phenoxy) is 2. The number of urea groups is 1. The Labute approximate surface area is 153 Å². The van der Waals surface area contributed by atoms with E-state index in [1.807, 2.05) is 38.1 Å². The first kappa shape index (κ1) is 21.3. The number of methoxy groups -OCH3 is 1. The van der Waals surface area contributed by atoms with Gasteiger partial charge in [-0.2, -0.15) is 0 Å². The monoisotopic (exact) mass is 365 g/mol. The van der Waals surface area contributed by atoms with Gasteiger partial charge in [-0.1, -0.05) is 26.0 Å². The van der Waals surface area contributed by atoms with E-state index in [1.54, 1.807) is 7.11 Å². The second kappa shape index (κ2) is 11.0. The van der Waals surface area contributed by atoms with Crippen LogP contribution < -0.4 is 21.1 Å². The summed E-state index contributed by atoms with van der Waals surface area (Å²) < 4.78 is 10.0. The van der Waals surface area contributed by atoms with Gasteiger partial charge >= 0.3 is 12.0 Å². The van der Waals surface area contributed by atoms with Crippen LogP contribution in [0, 0.1) is 5.92 Å². The van der Waals surface area contributed by atoms with Crippen LogP contribution in [0.2, 0.25) is 0 Å². The number of esters is 1. The van der Waals surface area contributed by atoms with Crippen molar-refractivity contribution in [2.75, 3.05) is 20.3 Å². The standard InChI is InChI=1S/C18H27N3O5/c1-12(2)10-15(21-18(19)24)17(23)26-11-16(22)20-9-8-13-4-6-14(25-3)7-5-13/h4-7,12,15H,8-11H2,1-3H3,(H,20,22)(H3,19,21,24)/t15-/m0/s1. The maximum Gasteiger partial charge on any atom is 0.329 e. The third-order valence-corrected chi connectivity index (χ3v) is 3.55. The van der Waals surface area contributed by atoms with Crippen molar-refractivity contribution in [3.8, 4) is 5.75 Å². The van der Waals surface area contributed by atoms with Gasteiger partial charge in [-0.25, -0.2) is 9.59 Å². The minimum absolute atomic E-state index is 0.151. The van der Waals surface area contributed by atoms with Crippen molar-refractivity contribution in [2.45, 2.75) is 32.7 Å². The van der Waals surface area contributed by atoms with E-state index in [-0.39, 0.29) is 5.92 Å². The van der Waals surface area contributed by atoms with Gasteiger partial charge in [0.25, 0.3) is 5.91 Å². The van der Waals surface area contributed by atoms with Gasteiger partial charge in [0.1, 0.15) is 11.8 Å². The molecule has 0 spiro atoms. The third kappa shape index (κ3) is 8.36. The van der Waals surface area contributed by atoms with Crippen LogP contribution in [-0.2, 0) is 20.7 Å². The lowest BCUT2D eigenvalue weighted by molar-refractivity contribution is -0.150. The Kier molecular flexibility index (Phi) is 8.97. The molecule has 1 rings (SSSR count). The highest BCUT2D eigenvalue weighted by atomic mass is 16.5. The van der Waals surface area contributed by atoms with Crippen LogP contribution in [0.1, 0.15) is 25.8 Å². The molecule has 0 aromatic heterocycles. The minimum atomic E-state index is -0.861. The third-order valence-electron chi connectivity index (χ3n) is 3.55. The number of nitrogens with two attached hydrogens (primary N) is 1. The molecule has 8 nitrogen and oxygen atoms in total. The maximum atomic E-state index is 12.0. The number of hydrogen-bond donors (Lipinski definition) is 3. The van der Waals surface area contributed by atoms with Gasteiger partial charge in [0.05, 0.1) is 7.11 Å². The zero-order valence-corrected chi connectivity index (χ0v) is 15.4. The highest BCUT2D eigenvalue weighted by Crippen LogP contribution is 2.11. The molecule has 0 heterocycles. The molecule has 0 radical (unpaired) electrons. The van der Waals surface area contributed by atoms with Crippen molar-refractivity contribution in [3.63, 3.8) is 0 Å². The Morgan fingerprint density at radius 1 is 1.15 bits per heavy atom. The topological polar surface area (TPSA) is 120 Å². The molecule has 0 saturated heterocycles. The normalized spacial score (nSPS) is 11.5. The molecule has 0 saturated carbocycles. The molecule has 0 bridgehead atoms. The van der Waals surface area contributed by atoms with E-state index in [2.05, 4.69) is 10.6 Å². The Bertz CT molecular complexity index is 601. The molecule has 1 aromatic rings. The van der Waals surface area contributed by atoms with Crippen LogP contribution in [0.4, 0.5) is 4.79 Å². The zero-order valence-electron chi connectivity index (χ0n) is 15.4. The predicted molar refractivity (Wildman–Crippen MR) is 96.6 cm³/mol. The van der Waals surface area contributed by atoms with Crippen LogP contribution in [0.25, 0.3) is 0 Å². The molecule has 0 unspecified atom stereocenters. The summed E-state index contributed by atoms with van der Waals surface area (Å²) in [6.07, 6.45) is 1.02. The quantitative estimate of drug-likeness (QED) is 0.534. The number of nitrogens with one attached hydrogen (secondary N) is 2. The summed E-state index contributed by atoms with van der Waals surface area (Å²) in [6, 6.07) is 5.85. The lowest BCUT2D eigenvalue weighted by atomic mass is 10.0. The summed E-state index contributed by atoms with van der Waals surface area (Å²) in [7, 11) is 1.60. The second-order valence-electron chi connectivity index (χ2n) is 6.25. The number of benzene rings is 1. The molecule has 26 heavy (non-hydrogen) atoms. The van der Waals surface area contributed by atoms with Gasteiger partial charge in [-0.05, 0) is 36.5 Å². The van der Waals surface area contributed by atoms with Crippen LogP contribution >= 0.6 is 0 Å². The lowest BCUT2D eigenvalue weighted by Gasteiger charge is -2.18. The summed E-state index contributed by atoms with van der Waals surface area (Å²) in [5.41, 5.74) is 6.10. The molecule has 4 N–H and O–H groups in total. The Balaban J connectivity index is 2.34. The van der Waals surface area contributed by atoms with Gasteiger partial charge in [0.15, 0.2) is 6.61 Å². The van der Waals surface area contributed by atoms with Crippen molar-refractivity contribution in [2.24, 2.45) is 11.7 Å².